The van der Waals surface area contributed by atoms with Crippen molar-refractivity contribution in [2.45, 2.75) is 39.2 Å². The number of anilines is 1. The van der Waals surface area contributed by atoms with Gasteiger partial charge in [-0.2, -0.15) is 9.97 Å². The fourth-order valence-corrected chi connectivity index (χ4v) is 3.42. The van der Waals surface area contributed by atoms with Crippen LogP contribution in [0, 0.1) is 5.92 Å². The van der Waals surface area contributed by atoms with Crippen LogP contribution in [-0.2, 0) is 33.3 Å². The van der Waals surface area contributed by atoms with Crippen LogP contribution in [0.1, 0.15) is 27.0 Å². The van der Waals surface area contributed by atoms with E-state index >= 15 is 0 Å². The van der Waals surface area contributed by atoms with Gasteiger partial charge in [0.25, 0.3) is 0 Å². The number of hydrogen-bond acceptors (Lipinski definition) is 11. The molecule has 0 unspecified atom stereocenters. The molecule has 0 aromatic carbocycles. The molecule has 0 amide bonds. The Morgan fingerprint density at radius 2 is 1.80 bits per heavy atom. The molecule has 0 spiro atoms. The van der Waals surface area contributed by atoms with Gasteiger partial charge in [0.15, 0.2) is 23.1 Å². The van der Waals surface area contributed by atoms with Crippen LogP contribution in [0.3, 0.4) is 0 Å². The van der Waals surface area contributed by atoms with E-state index in [1.165, 1.54) is 31.7 Å². The number of halogens is 1. The molecule has 3 rings (SSSR count). The Bertz CT molecular complexity index is 981. The molecule has 12 nitrogen and oxygen atoms in total. The minimum Gasteiger partial charge on any atom is -0.465 e. The van der Waals surface area contributed by atoms with Crippen molar-refractivity contribution in [3.05, 3.63) is 11.5 Å². The van der Waals surface area contributed by atoms with E-state index in [0.717, 1.165) is 0 Å². The third-order valence-electron chi connectivity index (χ3n) is 4.40. The van der Waals surface area contributed by atoms with Crippen LogP contribution in [0.25, 0.3) is 11.2 Å². The minimum absolute atomic E-state index is 0.0474. The molecule has 3 heterocycles. The van der Waals surface area contributed by atoms with Gasteiger partial charge in [-0.3, -0.25) is 19.0 Å². The molecule has 13 heteroatoms. The summed E-state index contributed by atoms with van der Waals surface area (Å²) in [6, 6.07) is 0. The first-order valence-corrected chi connectivity index (χ1v) is 9.30. The fraction of sp³-hybridized carbons (Fsp3) is 0.529. The highest BCUT2D eigenvalue weighted by atomic mass is 35.5. The van der Waals surface area contributed by atoms with Gasteiger partial charge in [0.1, 0.15) is 24.8 Å². The monoisotopic (exact) mass is 441 g/mol. The number of carbonyl (C=O) groups excluding carboxylic acids is 3. The summed E-state index contributed by atoms with van der Waals surface area (Å²) in [5.41, 5.74) is 6.23. The summed E-state index contributed by atoms with van der Waals surface area (Å²) >= 11 is 6.08. The van der Waals surface area contributed by atoms with Crippen molar-refractivity contribution in [3.63, 3.8) is 0 Å². The second-order valence-electron chi connectivity index (χ2n) is 6.60. The van der Waals surface area contributed by atoms with Crippen LogP contribution in [0.5, 0.6) is 0 Å². The van der Waals surface area contributed by atoms with Crippen molar-refractivity contribution in [2.24, 2.45) is 5.92 Å². The molecule has 0 bridgehead atoms. The van der Waals surface area contributed by atoms with Crippen molar-refractivity contribution >= 4 is 46.6 Å². The van der Waals surface area contributed by atoms with Crippen LogP contribution >= 0.6 is 11.6 Å². The number of ether oxygens (including phenoxy) is 4. The average Bonchev–Trinajstić information content (AvgIpc) is 3.19. The number of hydrogen-bond donors (Lipinski definition) is 1. The van der Waals surface area contributed by atoms with Crippen molar-refractivity contribution in [2.75, 3.05) is 18.9 Å². The molecule has 0 aliphatic carbocycles. The normalized spacial score (nSPS) is 23.3. The molecule has 30 heavy (non-hydrogen) atoms. The molecule has 0 radical (unpaired) electrons. The van der Waals surface area contributed by atoms with Crippen LogP contribution in [-0.4, -0.2) is 62.8 Å². The van der Waals surface area contributed by atoms with E-state index in [2.05, 4.69) is 15.0 Å². The molecule has 1 fully saturated rings. The Hall–Kier alpha value is -2.99. The smallest absolute Gasteiger partial charge is 0.303 e. The maximum atomic E-state index is 11.8. The molecule has 1 saturated heterocycles. The highest BCUT2D eigenvalue weighted by molar-refractivity contribution is 6.33. The van der Waals surface area contributed by atoms with Crippen molar-refractivity contribution in [3.8, 4) is 0 Å². The van der Waals surface area contributed by atoms with Gasteiger partial charge in [0, 0.05) is 20.8 Å². The molecule has 2 N–H and O–H groups in total. The van der Waals surface area contributed by atoms with Crippen molar-refractivity contribution in [1.29, 1.82) is 0 Å². The number of nitrogens with zero attached hydrogens (tertiary/aromatic N) is 4. The first kappa shape index (κ1) is 21.7. The summed E-state index contributed by atoms with van der Waals surface area (Å²) in [6.07, 6.45) is -1.18. The lowest BCUT2D eigenvalue weighted by Gasteiger charge is -2.23. The molecule has 4 atom stereocenters. The second kappa shape index (κ2) is 8.79. The highest BCUT2D eigenvalue weighted by Crippen LogP contribution is 2.38. The average molecular weight is 442 g/mol. The van der Waals surface area contributed by atoms with Gasteiger partial charge >= 0.3 is 17.9 Å². The van der Waals surface area contributed by atoms with Gasteiger partial charge in [0.2, 0.25) is 5.95 Å². The van der Waals surface area contributed by atoms with E-state index in [1.807, 2.05) is 0 Å². The number of fused-ring (bicyclic) bond motifs is 1. The SMILES string of the molecule is CC(=O)OC[C@@H]1[C@H](OC(C)=O)[C@@H](n2cnc3c(Cl)nc(N)nc32)O[C@H]1COC(C)=O. The summed E-state index contributed by atoms with van der Waals surface area (Å²) in [4.78, 5) is 46.6. The maximum Gasteiger partial charge on any atom is 0.303 e. The van der Waals surface area contributed by atoms with Gasteiger partial charge in [-0.05, 0) is 0 Å². The lowest BCUT2D eigenvalue weighted by Crippen LogP contribution is -2.36. The van der Waals surface area contributed by atoms with E-state index in [1.54, 1.807) is 0 Å². The van der Waals surface area contributed by atoms with Crippen molar-refractivity contribution in [1.82, 2.24) is 19.5 Å². The Balaban J connectivity index is 2.01. The number of aromatic nitrogens is 4. The van der Waals surface area contributed by atoms with Crippen LogP contribution in [0.4, 0.5) is 5.95 Å². The number of rotatable bonds is 6. The van der Waals surface area contributed by atoms with E-state index in [9.17, 15) is 14.4 Å². The zero-order valence-corrected chi connectivity index (χ0v) is 17.2. The van der Waals surface area contributed by atoms with Gasteiger partial charge in [0.05, 0.1) is 12.2 Å². The summed E-state index contributed by atoms with van der Waals surface area (Å²) in [6.45, 7) is 3.48. The van der Waals surface area contributed by atoms with E-state index in [0.29, 0.717) is 0 Å². The summed E-state index contributed by atoms with van der Waals surface area (Å²) < 4.78 is 23.2. The van der Waals surface area contributed by atoms with E-state index < -0.39 is 42.3 Å². The minimum atomic E-state index is -0.926. The molecule has 162 valence electrons. The third-order valence-corrected chi connectivity index (χ3v) is 4.66. The highest BCUT2D eigenvalue weighted by Gasteiger charge is 2.49. The number of imidazole rings is 1. The van der Waals surface area contributed by atoms with Crippen LogP contribution in [0.2, 0.25) is 5.15 Å². The Morgan fingerprint density at radius 3 is 2.43 bits per heavy atom. The molecule has 1 aliphatic rings. The Kier molecular flexibility index (Phi) is 6.37. The lowest BCUT2D eigenvalue weighted by atomic mass is 9.99. The third kappa shape index (κ3) is 4.60. The maximum absolute atomic E-state index is 11.8. The molecule has 1 aliphatic heterocycles. The quantitative estimate of drug-likeness (QED) is 0.380. The molecule has 2 aromatic rings. The lowest BCUT2D eigenvalue weighted by molar-refractivity contribution is -0.155. The topological polar surface area (TPSA) is 158 Å². The van der Waals surface area contributed by atoms with E-state index in [-0.39, 0.29) is 35.5 Å². The molecule has 2 aromatic heterocycles. The number of nitrogens with two attached hydrogens (primary N) is 1. The van der Waals surface area contributed by atoms with Gasteiger partial charge in [-0.25, -0.2) is 4.98 Å². The molecular weight excluding hydrogens is 422 g/mol. The first-order chi connectivity index (χ1) is 14.2. The molecule has 0 saturated carbocycles. The first-order valence-electron chi connectivity index (χ1n) is 8.92. The van der Waals surface area contributed by atoms with E-state index in [4.69, 9.17) is 36.3 Å². The fourth-order valence-electron chi connectivity index (χ4n) is 3.20. The summed E-state index contributed by atoms with van der Waals surface area (Å²) in [7, 11) is 0. The number of esters is 3. The Labute approximate surface area is 175 Å². The second-order valence-corrected chi connectivity index (χ2v) is 6.96. The van der Waals surface area contributed by atoms with Gasteiger partial charge < -0.3 is 24.7 Å². The number of carbonyl (C=O) groups is 3. The zero-order valence-electron chi connectivity index (χ0n) is 16.4. The zero-order chi connectivity index (χ0) is 22.0. The van der Waals surface area contributed by atoms with Crippen molar-refractivity contribution < 1.29 is 33.3 Å². The predicted molar refractivity (Wildman–Crippen MR) is 101 cm³/mol. The largest absolute Gasteiger partial charge is 0.465 e. The number of nitrogen functional groups attached to an aromatic ring is 1. The predicted octanol–water partition coefficient (Wildman–Crippen LogP) is 0.633. The summed E-state index contributed by atoms with van der Waals surface area (Å²) in [5, 5.41) is 0.0474. The van der Waals surface area contributed by atoms with Gasteiger partial charge in [-0.15, -0.1) is 0 Å². The van der Waals surface area contributed by atoms with Gasteiger partial charge in [-0.1, -0.05) is 11.6 Å². The van der Waals surface area contributed by atoms with Crippen LogP contribution in [0.15, 0.2) is 6.33 Å². The summed E-state index contributed by atoms with van der Waals surface area (Å²) in [5.74, 6) is -2.33. The Morgan fingerprint density at radius 1 is 1.13 bits per heavy atom. The van der Waals surface area contributed by atoms with Crippen LogP contribution < -0.4 is 5.73 Å². The molecular formula is C17H20ClN5O7. The standard InChI is InChI=1S/C17H20ClN5O7/c1-7(24)27-4-10-11(5-28-8(2)25)30-16(13(10)29-9(3)26)23-6-20-12-14(18)21-17(19)22-15(12)23/h6,10-11,13,16H,4-5H2,1-3H3,(H2,19,21,22)/t10-,11-,13-,16-/m0/s1.